The molecule has 2 unspecified atom stereocenters. The topological polar surface area (TPSA) is 32.3 Å². The minimum Gasteiger partial charge on any atom is -0.393 e. The van der Waals surface area contributed by atoms with Crippen LogP contribution in [0.15, 0.2) is 0 Å². The van der Waals surface area contributed by atoms with Crippen LogP contribution in [0.25, 0.3) is 0 Å². The molecule has 2 heteroatoms. The molecule has 0 aromatic carbocycles. The molecule has 15 heavy (non-hydrogen) atoms. The normalized spacial score (nSPS) is 27.2. The van der Waals surface area contributed by atoms with Gasteiger partial charge in [-0.3, -0.25) is 0 Å². The fraction of sp³-hybridized carbons (Fsp3) is 1.00. The van der Waals surface area contributed by atoms with Crippen LogP contribution >= 0.6 is 0 Å². The van der Waals surface area contributed by atoms with E-state index in [0.29, 0.717) is 5.92 Å². The van der Waals surface area contributed by atoms with Crippen LogP contribution in [0.5, 0.6) is 0 Å². The molecule has 0 heterocycles. The lowest BCUT2D eigenvalue weighted by atomic mass is 9.87. The maximum atomic E-state index is 9.53. The highest BCUT2D eigenvalue weighted by Crippen LogP contribution is 2.23. The van der Waals surface area contributed by atoms with Crippen molar-refractivity contribution in [3.05, 3.63) is 0 Å². The number of aliphatic hydroxyl groups excluding tert-OH is 1. The van der Waals surface area contributed by atoms with Crippen LogP contribution in [0.4, 0.5) is 0 Å². The third-order valence-electron chi connectivity index (χ3n) is 3.32. The van der Waals surface area contributed by atoms with Crippen molar-refractivity contribution in [1.29, 1.82) is 0 Å². The van der Waals surface area contributed by atoms with Crippen molar-refractivity contribution in [3.8, 4) is 0 Å². The summed E-state index contributed by atoms with van der Waals surface area (Å²) in [5.41, 5.74) is 0. The first-order chi connectivity index (χ1) is 7.18. The van der Waals surface area contributed by atoms with Crippen molar-refractivity contribution in [2.24, 2.45) is 11.8 Å². The van der Waals surface area contributed by atoms with E-state index in [4.69, 9.17) is 0 Å². The summed E-state index contributed by atoms with van der Waals surface area (Å²) in [5, 5.41) is 13.0. The van der Waals surface area contributed by atoms with Crippen molar-refractivity contribution in [1.82, 2.24) is 5.32 Å². The first kappa shape index (κ1) is 13.0. The predicted molar refractivity (Wildman–Crippen MR) is 64.9 cm³/mol. The summed E-state index contributed by atoms with van der Waals surface area (Å²) in [5.74, 6) is 1.54. The minimum atomic E-state index is -0.0267. The van der Waals surface area contributed by atoms with E-state index >= 15 is 0 Å². The Kier molecular flexibility index (Phi) is 6.26. The van der Waals surface area contributed by atoms with Crippen LogP contribution in [0.2, 0.25) is 0 Å². The standard InChI is InChI=1S/C13H27NO/c1-11(2)5-4-8-14-10-12-6-3-7-13(15)9-12/h11-15H,3-10H2,1-2H3. The van der Waals surface area contributed by atoms with Crippen molar-refractivity contribution in [3.63, 3.8) is 0 Å². The molecule has 2 nitrogen and oxygen atoms in total. The van der Waals surface area contributed by atoms with Crippen LogP contribution in [0.3, 0.4) is 0 Å². The van der Waals surface area contributed by atoms with Gasteiger partial charge in [0.15, 0.2) is 0 Å². The van der Waals surface area contributed by atoms with E-state index in [-0.39, 0.29) is 6.10 Å². The van der Waals surface area contributed by atoms with Gasteiger partial charge in [-0.05, 0) is 57.0 Å². The lowest BCUT2D eigenvalue weighted by Gasteiger charge is -2.26. The second kappa shape index (κ2) is 7.24. The molecule has 0 amide bonds. The van der Waals surface area contributed by atoms with Gasteiger partial charge >= 0.3 is 0 Å². The Bertz CT molecular complexity index is 159. The van der Waals surface area contributed by atoms with Gasteiger partial charge in [-0.2, -0.15) is 0 Å². The molecule has 1 aliphatic carbocycles. The maximum absolute atomic E-state index is 9.53. The van der Waals surface area contributed by atoms with Crippen molar-refractivity contribution < 1.29 is 5.11 Å². The fourth-order valence-electron chi connectivity index (χ4n) is 2.39. The molecule has 2 N–H and O–H groups in total. The van der Waals surface area contributed by atoms with E-state index in [1.165, 1.54) is 25.7 Å². The Labute approximate surface area is 94.5 Å². The van der Waals surface area contributed by atoms with Crippen LogP contribution < -0.4 is 5.32 Å². The van der Waals surface area contributed by atoms with Crippen molar-refractivity contribution in [2.75, 3.05) is 13.1 Å². The average molecular weight is 213 g/mol. The molecule has 0 saturated heterocycles. The number of aliphatic hydroxyl groups is 1. The van der Waals surface area contributed by atoms with E-state index < -0.39 is 0 Å². The molecule has 0 bridgehead atoms. The van der Waals surface area contributed by atoms with Gasteiger partial charge in [0, 0.05) is 0 Å². The Balaban J connectivity index is 1.95. The lowest BCUT2D eigenvalue weighted by molar-refractivity contribution is 0.101. The largest absolute Gasteiger partial charge is 0.393 e. The molecule has 2 atom stereocenters. The van der Waals surface area contributed by atoms with E-state index in [9.17, 15) is 5.11 Å². The highest BCUT2D eigenvalue weighted by atomic mass is 16.3. The third-order valence-corrected chi connectivity index (χ3v) is 3.32. The van der Waals surface area contributed by atoms with E-state index in [1.54, 1.807) is 0 Å². The smallest absolute Gasteiger partial charge is 0.0543 e. The molecule has 90 valence electrons. The average Bonchev–Trinajstić information content (AvgIpc) is 2.17. The van der Waals surface area contributed by atoms with Gasteiger partial charge < -0.3 is 10.4 Å². The van der Waals surface area contributed by atoms with E-state index in [2.05, 4.69) is 19.2 Å². The van der Waals surface area contributed by atoms with Gasteiger partial charge in [-0.1, -0.05) is 20.3 Å². The summed E-state index contributed by atoms with van der Waals surface area (Å²) in [7, 11) is 0. The number of hydrogen-bond donors (Lipinski definition) is 2. The second-order valence-corrected chi connectivity index (χ2v) is 5.43. The van der Waals surface area contributed by atoms with Crippen LogP contribution in [0, 0.1) is 11.8 Å². The molecule has 1 aliphatic rings. The van der Waals surface area contributed by atoms with Gasteiger partial charge in [0.2, 0.25) is 0 Å². The third kappa shape index (κ3) is 6.16. The Morgan fingerprint density at radius 2 is 2.13 bits per heavy atom. The van der Waals surface area contributed by atoms with Crippen LogP contribution in [-0.4, -0.2) is 24.3 Å². The monoisotopic (exact) mass is 213 g/mol. The van der Waals surface area contributed by atoms with Gasteiger partial charge in [0.05, 0.1) is 6.10 Å². The second-order valence-electron chi connectivity index (χ2n) is 5.43. The molecular weight excluding hydrogens is 186 g/mol. The van der Waals surface area contributed by atoms with Gasteiger partial charge in [0.1, 0.15) is 0 Å². The quantitative estimate of drug-likeness (QED) is 0.665. The van der Waals surface area contributed by atoms with Crippen LogP contribution in [-0.2, 0) is 0 Å². The molecule has 0 aliphatic heterocycles. The Morgan fingerprint density at radius 1 is 1.33 bits per heavy atom. The molecule has 1 fully saturated rings. The number of hydrogen-bond acceptors (Lipinski definition) is 2. The minimum absolute atomic E-state index is 0.0267. The summed E-state index contributed by atoms with van der Waals surface area (Å²) >= 11 is 0. The molecule has 0 aromatic rings. The Morgan fingerprint density at radius 3 is 2.80 bits per heavy atom. The van der Waals surface area contributed by atoms with Gasteiger partial charge in [-0.15, -0.1) is 0 Å². The van der Waals surface area contributed by atoms with Crippen molar-refractivity contribution in [2.45, 2.75) is 58.5 Å². The van der Waals surface area contributed by atoms with E-state index in [0.717, 1.165) is 31.8 Å². The van der Waals surface area contributed by atoms with Gasteiger partial charge in [-0.25, -0.2) is 0 Å². The van der Waals surface area contributed by atoms with Gasteiger partial charge in [0.25, 0.3) is 0 Å². The highest BCUT2D eigenvalue weighted by Gasteiger charge is 2.19. The fourth-order valence-corrected chi connectivity index (χ4v) is 2.39. The first-order valence-electron chi connectivity index (χ1n) is 6.57. The predicted octanol–water partition coefficient (Wildman–Crippen LogP) is 2.56. The zero-order valence-corrected chi connectivity index (χ0v) is 10.3. The number of rotatable bonds is 6. The first-order valence-corrected chi connectivity index (χ1v) is 6.57. The lowest BCUT2D eigenvalue weighted by Crippen LogP contribution is -2.29. The summed E-state index contributed by atoms with van der Waals surface area (Å²) in [6, 6.07) is 0. The molecule has 1 rings (SSSR count). The maximum Gasteiger partial charge on any atom is 0.0543 e. The summed E-state index contributed by atoms with van der Waals surface area (Å²) in [4.78, 5) is 0. The highest BCUT2D eigenvalue weighted by molar-refractivity contribution is 4.73. The number of nitrogens with one attached hydrogen (secondary N) is 1. The summed E-state index contributed by atoms with van der Waals surface area (Å²) in [6.07, 6.45) is 7.11. The Hall–Kier alpha value is -0.0800. The molecule has 1 saturated carbocycles. The van der Waals surface area contributed by atoms with Crippen molar-refractivity contribution >= 4 is 0 Å². The summed E-state index contributed by atoms with van der Waals surface area (Å²) < 4.78 is 0. The zero-order valence-electron chi connectivity index (χ0n) is 10.3. The summed E-state index contributed by atoms with van der Waals surface area (Å²) in [6.45, 7) is 6.80. The SMILES string of the molecule is CC(C)CCCNCC1CCCC(O)C1. The molecule has 0 radical (unpaired) electrons. The van der Waals surface area contributed by atoms with E-state index in [1.807, 2.05) is 0 Å². The molecular formula is C13H27NO. The van der Waals surface area contributed by atoms with Crippen LogP contribution in [0.1, 0.15) is 52.4 Å². The molecule has 0 aromatic heterocycles. The molecule has 0 spiro atoms. The zero-order chi connectivity index (χ0) is 11.1.